The highest BCUT2D eigenvalue weighted by Gasteiger charge is 2.51. The van der Waals surface area contributed by atoms with Crippen LogP contribution in [0.5, 0.6) is 0 Å². The summed E-state index contributed by atoms with van der Waals surface area (Å²) >= 11 is 0. The normalized spacial score (nSPS) is 61.3. The molecule has 0 aromatic heterocycles. The molecule has 3 aliphatic rings. The predicted octanol–water partition coefficient (Wildman–Crippen LogP) is 1.00. The van der Waals surface area contributed by atoms with E-state index >= 15 is 0 Å². The van der Waals surface area contributed by atoms with E-state index in [1.165, 1.54) is 13.0 Å². The molecule has 3 fully saturated rings. The Morgan fingerprint density at radius 1 is 1.11 bits per heavy atom. The van der Waals surface area contributed by atoms with Gasteiger partial charge in [-0.3, -0.25) is 0 Å². The number of hydrogen-bond acceptors (Lipinski definition) is 1. The zero-order valence-corrected chi connectivity index (χ0v) is 5.64. The van der Waals surface area contributed by atoms with Crippen LogP contribution in [0.2, 0.25) is 0 Å². The minimum Gasteiger partial charge on any atom is -0.313 e. The van der Waals surface area contributed by atoms with Crippen LogP contribution in [0.4, 0.5) is 0 Å². The van der Waals surface area contributed by atoms with Crippen molar-refractivity contribution in [2.24, 2.45) is 17.8 Å². The van der Waals surface area contributed by atoms with Gasteiger partial charge in [0.15, 0.2) is 0 Å². The number of hydrogen-bond donors (Lipinski definition) is 1. The first-order chi connectivity index (χ1) is 4.45. The van der Waals surface area contributed by atoms with E-state index in [-0.39, 0.29) is 0 Å². The van der Waals surface area contributed by atoms with Gasteiger partial charge in [-0.15, -0.1) is 0 Å². The molecule has 9 heavy (non-hydrogen) atoms. The van der Waals surface area contributed by atoms with Crippen molar-refractivity contribution in [1.82, 2.24) is 5.32 Å². The molecule has 1 N–H and O–H groups in total. The van der Waals surface area contributed by atoms with E-state index in [4.69, 9.17) is 0 Å². The quantitative estimate of drug-likeness (QED) is 0.507. The van der Waals surface area contributed by atoms with E-state index in [0.29, 0.717) is 0 Å². The molecule has 1 saturated heterocycles. The Morgan fingerprint density at radius 2 is 2.00 bits per heavy atom. The van der Waals surface area contributed by atoms with Crippen molar-refractivity contribution in [3.63, 3.8) is 0 Å². The standard InChI is InChI=1S/C8H13N/c1-2-6-3-5(1)7-4-9-8(6)7/h5-9H,1-4H2/t5-,6+,7-,8-/m1/s1. The third kappa shape index (κ3) is 0.420. The van der Waals surface area contributed by atoms with Crippen molar-refractivity contribution in [3.05, 3.63) is 0 Å². The van der Waals surface area contributed by atoms with E-state index in [9.17, 15) is 0 Å². The summed E-state index contributed by atoms with van der Waals surface area (Å²) in [5, 5.41) is 3.54. The molecule has 4 atom stereocenters. The van der Waals surface area contributed by atoms with Crippen LogP contribution in [0.15, 0.2) is 0 Å². The maximum Gasteiger partial charge on any atom is 0.0139 e. The van der Waals surface area contributed by atoms with Crippen LogP contribution < -0.4 is 5.32 Å². The molecule has 1 heteroatoms. The molecule has 0 aromatic carbocycles. The summed E-state index contributed by atoms with van der Waals surface area (Å²) < 4.78 is 0. The lowest BCUT2D eigenvalue weighted by molar-refractivity contribution is 0.153. The largest absolute Gasteiger partial charge is 0.313 e. The Hall–Kier alpha value is -0.0400. The molecule has 0 spiro atoms. The Kier molecular flexibility index (Phi) is 0.704. The molecule has 3 rings (SSSR count). The van der Waals surface area contributed by atoms with Crippen molar-refractivity contribution in [1.29, 1.82) is 0 Å². The summed E-state index contributed by atoms with van der Waals surface area (Å²) in [6.07, 6.45) is 4.63. The van der Waals surface area contributed by atoms with Crippen LogP contribution in [0.1, 0.15) is 19.3 Å². The summed E-state index contributed by atoms with van der Waals surface area (Å²) in [4.78, 5) is 0. The maximum absolute atomic E-state index is 3.54. The molecule has 1 nitrogen and oxygen atoms in total. The Labute approximate surface area is 55.8 Å². The Bertz CT molecular complexity index is 124. The van der Waals surface area contributed by atoms with Crippen LogP contribution in [0, 0.1) is 17.8 Å². The van der Waals surface area contributed by atoms with E-state index in [1.54, 1.807) is 12.8 Å². The molecular formula is C8H13N. The number of nitrogens with one attached hydrogen (secondary N) is 1. The van der Waals surface area contributed by atoms with Gasteiger partial charge in [-0.1, -0.05) is 0 Å². The molecule has 1 heterocycles. The summed E-state index contributed by atoms with van der Waals surface area (Å²) in [5.74, 6) is 3.35. The van der Waals surface area contributed by atoms with Crippen molar-refractivity contribution in [3.8, 4) is 0 Å². The molecule has 2 saturated carbocycles. The molecule has 0 aromatic rings. The average molecular weight is 123 g/mol. The Balaban J connectivity index is 1.94. The van der Waals surface area contributed by atoms with Gasteiger partial charge in [0, 0.05) is 6.04 Å². The van der Waals surface area contributed by atoms with Gasteiger partial charge in [0.2, 0.25) is 0 Å². The second kappa shape index (κ2) is 1.34. The number of rotatable bonds is 0. The highest BCUT2D eigenvalue weighted by Crippen LogP contribution is 2.51. The molecule has 1 aliphatic heterocycles. The third-order valence-electron chi connectivity index (χ3n) is 3.68. The van der Waals surface area contributed by atoms with Crippen LogP contribution in [-0.2, 0) is 0 Å². The monoisotopic (exact) mass is 123 g/mol. The maximum atomic E-state index is 3.54. The van der Waals surface area contributed by atoms with Crippen LogP contribution in [0.25, 0.3) is 0 Å². The fraction of sp³-hybridized carbons (Fsp3) is 1.00. The molecule has 2 aliphatic carbocycles. The molecule has 0 amide bonds. The zero-order chi connectivity index (χ0) is 5.84. The van der Waals surface area contributed by atoms with E-state index in [2.05, 4.69) is 5.32 Å². The fourth-order valence-corrected chi connectivity index (χ4v) is 3.13. The van der Waals surface area contributed by atoms with Crippen molar-refractivity contribution in [2.45, 2.75) is 25.3 Å². The lowest BCUT2D eigenvalue weighted by atomic mass is 9.79. The topological polar surface area (TPSA) is 12.0 Å². The summed E-state index contributed by atoms with van der Waals surface area (Å²) in [7, 11) is 0. The van der Waals surface area contributed by atoms with Crippen molar-refractivity contribution in [2.75, 3.05) is 6.54 Å². The second-order valence-corrected chi connectivity index (χ2v) is 3.93. The minimum atomic E-state index is 0.976. The van der Waals surface area contributed by atoms with E-state index < -0.39 is 0 Å². The molecular weight excluding hydrogens is 110 g/mol. The lowest BCUT2D eigenvalue weighted by Gasteiger charge is -2.41. The predicted molar refractivity (Wildman–Crippen MR) is 36.1 cm³/mol. The van der Waals surface area contributed by atoms with E-state index in [1.807, 2.05) is 0 Å². The van der Waals surface area contributed by atoms with Gasteiger partial charge < -0.3 is 5.32 Å². The minimum absolute atomic E-state index is 0.976. The lowest BCUT2D eigenvalue weighted by Crippen LogP contribution is -2.55. The van der Waals surface area contributed by atoms with Gasteiger partial charge in [0.05, 0.1) is 0 Å². The first-order valence-corrected chi connectivity index (χ1v) is 4.18. The molecule has 0 radical (unpaired) electrons. The van der Waals surface area contributed by atoms with Crippen LogP contribution in [-0.4, -0.2) is 12.6 Å². The van der Waals surface area contributed by atoms with Gasteiger partial charge in [0.1, 0.15) is 0 Å². The van der Waals surface area contributed by atoms with Crippen molar-refractivity contribution >= 4 is 0 Å². The Morgan fingerprint density at radius 3 is 2.44 bits per heavy atom. The first-order valence-electron chi connectivity index (χ1n) is 4.18. The van der Waals surface area contributed by atoms with Gasteiger partial charge in [0.25, 0.3) is 0 Å². The first kappa shape index (κ1) is 4.73. The van der Waals surface area contributed by atoms with Gasteiger partial charge >= 0.3 is 0 Å². The third-order valence-corrected chi connectivity index (χ3v) is 3.68. The van der Waals surface area contributed by atoms with Crippen LogP contribution in [0.3, 0.4) is 0 Å². The van der Waals surface area contributed by atoms with Gasteiger partial charge in [-0.25, -0.2) is 0 Å². The molecule has 2 bridgehead atoms. The smallest absolute Gasteiger partial charge is 0.0139 e. The van der Waals surface area contributed by atoms with Crippen molar-refractivity contribution < 1.29 is 0 Å². The SMILES string of the molecule is C1C[C@H]2C[C@@H]1[C@H]1CN[C@H]21. The summed E-state index contributed by atoms with van der Waals surface area (Å²) in [6, 6.07) is 0.976. The summed E-state index contributed by atoms with van der Waals surface area (Å²) in [6.45, 7) is 1.34. The average Bonchev–Trinajstić information content (AvgIpc) is 2.18. The fourth-order valence-electron chi connectivity index (χ4n) is 3.13. The van der Waals surface area contributed by atoms with Crippen LogP contribution >= 0.6 is 0 Å². The van der Waals surface area contributed by atoms with Gasteiger partial charge in [-0.2, -0.15) is 0 Å². The summed E-state index contributed by atoms with van der Waals surface area (Å²) in [5.41, 5.74) is 0. The second-order valence-electron chi connectivity index (χ2n) is 3.93. The van der Waals surface area contributed by atoms with Gasteiger partial charge in [-0.05, 0) is 43.6 Å². The highest BCUT2D eigenvalue weighted by molar-refractivity contribution is 5.06. The van der Waals surface area contributed by atoms with E-state index in [0.717, 1.165) is 23.8 Å². The number of fused-ring (bicyclic) bond motifs is 5. The molecule has 50 valence electrons. The zero-order valence-electron chi connectivity index (χ0n) is 5.64. The highest BCUT2D eigenvalue weighted by atomic mass is 15.0. The molecule has 0 unspecified atom stereocenters.